The zero-order valence-electron chi connectivity index (χ0n) is 20.8. The maximum atomic E-state index is 13.9. The molecule has 10 nitrogen and oxygen atoms in total. The van der Waals surface area contributed by atoms with Crippen LogP contribution in [-0.4, -0.2) is 79.7 Å². The zero-order valence-corrected chi connectivity index (χ0v) is 20.8. The van der Waals surface area contributed by atoms with E-state index in [1.165, 1.54) is 21.0 Å². The normalized spacial score (nSPS) is 23.3. The SMILES string of the molecule is COC(=O)[C@@H](NC(=O)C1(Cc2ccc(OC)cc2)CCCN1C(=O)[C@@H]1CCCN1)[C@@H](C)OC(C)=O. The van der Waals surface area contributed by atoms with Crippen LogP contribution in [-0.2, 0) is 35.1 Å². The number of rotatable bonds is 9. The van der Waals surface area contributed by atoms with Crippen LogP contribution in [0.3, 0.4) is 0 Å². The van der Waals surface area contributed by atoms with Crippen LogP contribution in [0.2, 0.25) is 0 Å². The Kier molecular flexibility index (Phi) is 8.71. The highest BCUT2D eigenvalue weighted by Gasteiger charge is 2.52. The Balaban J connectivity index is 1.95. The molecule has 0 bridgehead atoms. The molecule has 0 saturated carbocycles. The molecule has 3 rings (SSSR count). The van der Waals surface area contributed by atoms with E-state index in [2.05, 4.69) is 10.6 Å². The van der Waals surface area contributed by atoms with E-state index < -0.39 is 35.5 Å². The summed E-state index contributed by atoms with van der Waals surface area (Å²) in [6.45, 7) is 3.93. The standard InChI is InChI=1S/C25H35N3O7/c1-16(35-17(2)29)21(23(31)34-4)27-24(32)25(15-18-8-10-19(33-3)11-9-18)12-6-14-28(25)22(30)20-7-5-13-26-20/h8-11,16,20-21,26H,5-7,12-15H2,1-4H3,(H,27,32)/t16-,20+,21+,25?/m1/s1. The van der Waals surface area contributed by atoms with Crippen LogP contribution in [0, 0.1) is 0 Å². The van der Waals surface area contributed by atoms with Gasteiger partial charge in [0.05, 0.1) is 20.3 Å². The Morgan fingerprint density at radius 2 is 1.89 bits per heavy atom. The van der Waals surface area contributed by atoms with Gasteiger partial charge in [0, 0.05) is 19.9 Å². The molecule has 2 saturated heterocycles. The zero-order chi connectivity index (χ0) is 25.6. The lowest BCUT2D eigenvalue weighted by atomic mass is 9.86. The topological polar surface area (TPSA) is 123 Å². The van der Waals surface area contributed by atoms with Gasteiger partial charge in [-0.2, -0.15) is 0 Å². The van der Waals surface area contributed by atoms with E-state index in [0.29, 0.717) is 31.6 Å². The summed E-state index contributed by atoms with van der Waals surface area (Å²) in [6.07, 6.45) is 1.99. The molecule has 1 unspecified atom stereocenters. The van der Waals surface area contributed by atoms with Crippen LogP contribution >= 0.6 is 0 Å². The second-order valence-corrected chi connectivity index (χ2v) is 9.09. The maximum Gasteiger partial charge on any atom is 0.332 e. The van der Waals surface area contributed by atoms with Gasteiger partial charge in [0.15, 0.2) is 6.04 Å². The molecule has 1 aromatic carbocycles. The molecule has 2 aliphatic rings. The minimum Gasteiger partial charge on any atom is -0.497 e. The maximum absolute atomic E-state index is 13.9. The Bertz CT molecular complexity index is 929. The molecule has 0 radical (unpaired) electrons. The number of nitrogens with one attached hydrogen (secondary N) is 2. The van der Waals surface area contributed by atoms with Crippen LogP contribution in [0.15, 0.2) is 24.3 Å². The van der Waals surface area contributed by atoms with Crippen molar-refractivity contribution in [2.45, 2.75) is 69.7 Å². The summed E-state index contributed by atoms with van der Waals surface area (Å²) in [5.41, 5.74) is -0.360. The molecule has 0 aromatic heterocycles. The van der Waals surface area contributed by atoms with Crippen molar-refractivity contribution >= 4 is 23.8 Å². The number of hydrogen-bond acceptors (Lipinski definition) is 8. The number of carbonyl (C=O) groups is 4. The van der Waals surface area contributed by atoms with Gasteiger partial charge in [-0.25, -0.2) is 4.79 Å². The number of benzene rings is 1. The number of carbonyl (C=O) groups excluding carboxylic acids is 4. The van der Waals surface area contributed by atoms with Crippen LogP contribution < -0.4 is 15.4 Å². The minimum atomic E-state index is -1.22. The van der Waals surface area contributed by atoms with Crippen molar-refractivity contribution in [3.8, 4) is 5.75 Å². The Labute approximate surface area is 205 Å². The van der Waals surface area contributed by atoms with E-state index in [1.54, 1.807) is 24.1 Å². The molecule has 0 aliphatic carbocycles. The van der Waals surface area contributed by atoms with Crippen LogP contribution in [0.25, 0.3) is 0 Å². The summed E-state index contributed by atoms with van der Waals surface area (Å²) in [5.74, 6) is -1.24. The lowest BCUT2D eigenvalue weighted by Gasteiger charge is -2.39. The summed E-state index contributed by atoms with van der Waals surface area (Å²) in [6, 6.07) is 5.78. The highest BCUT2D eigenvalue weighted by atomic mass is 16.6. The van der Waals surface area contributed by atoms with Gasteiger partial charge < -0.3 is 29.7 Å². The molecular weight excluding hydrogens is 454 g/mol. The van der Waals surface area contributed by atoms with Crippen LogP contribution in [0.4, 0.5) is 0 Å². The molecule has 2 aliphatic heterocycles. The van der Waals surface area contributed by atoms with Crippen molar-refractivity contribution in [3.05, 3.63) is 29.8 Å². The largest absolute Gasteiger partial charge is 0.497 e. The molecule has 2 fully saturated rings. The van der Waals surface area contributed by atoms with E-state index in [-0.39, 0.29) is 18.4 Å². The fraction of sp³-hybridized carbons (Fsp3) is 0.600. The Hall–Kier alpha value is -3.14. The summed E-state index contributed by atoms with van der Waals surface area (Å²) >= 11 is 0. The predicted molar refractivity (Wildman–Crippen MR) is 127 cm³/mol. The first-order valence-corrected chi connectivity index (χ1v) is 12.0. The van der Waals surface area contributed by atoms with Crippen LogP contribution in [0.1, 0.15) is 45.1 Å². The number of hydrogen-bond donors (Lipinski definition) is 2. The molecule has 192 valence electrons. The molecule has 2 heterocycles. The minimum absolute atomic E-state index is 0.119. The smallest absolute Gasteiger partial charge is 0.332 e. The van der Waals surface area contributed by atoms with Gasteiger partial charge in [-0.3, -0.25) is 14.4 Å². The van der Waals surface area contributed by atoms with Gasteiger partial charge in [0.2, 0.25) is 11.8 Å². The molecule has 35 heavy (non-hydrogen) atoms. The second-order valence-electron chi connectivity index (χ2n) is 9.09. The monoisotopic (exact) mass is 489 g/mol. The van der Waals surface area contributed by atoms with Gasteiger partial charge in [-0.15, -0.1) is 0 Å². The van der Waals surface area contributed by atoms with E-state index in [0.717, 1.165) is 18.5 Å². The molecule has 0 spiro atoms. The van der Waals surface area contributed by atoms with E-state index in [9.17, 15) is 19.2 Å². The lowest BCUT2D eigenvalue weighted by molar-refractivity contribution is -0.158. The van der Waals surface area contributed by atoms with Gasteiger partial charge in [0.25, 0.3) is 0 Å². The first-order valence-electron chi connectivity index (χ1n) is 12.0. The summed E-state index contributed by atoms with van der Waals surface area (Å²) in [5, 5.41) is 5.97. The second kappa shape index (κ2) is 11.5. The van der Waals surface area contributed by atoms with E-state index in [4.69, 9.17) is 14.2 Å². The summed E-state index contributed by atoms with van der Waals surface area (Å²) < 4.78 is 15.3. The Morgan fingerprint density at radius 1 is 1.17 bits per heavy atom. The number of likely N-dealkylation sites (tertiary alicyclic amines) is 1. The number of ether oxygens (including phenoxy) is 3. The fourth-order valence-corrected chi connectivity index (χ4v) is 4.96. The Morgan fingerprint density at radius 3 is 2.46 bits per heavy atom. The molecule has 4 atom stereocenters. The van der Waals surface area contributed by atoms with Crippen molar-refractivity contribution in [2.24, 2.45) is 0 Å². The van der Waals surface area contributed by atoms with Gasteiger partial charge >= 0.3 is 11.9 Å². The molecule has 2 N–H and O–H groups in total. The molecule has 1 aromatic rings. The lowest BCUT2D eigenvalue weighted by Crippen LogP contribution is -2.64. The number of esters is 2. The summed E-state index contributed by atoms with van der Waals surface area (Å²) in [4.78, 5) is 53.1. The van der Waals surface area contributed by atoms with Crippen molar-refractivity contribution in [1.29, 1.82) is 0 Å². The number of methoxy groups -OCH3 is 2. The summed E-state index contributed by atoms with van der Waals surface area (Å²) in [7, 11) is 2.78. The fourth-order valence-electron chi connectivity index (χ4n) is 4.96. The molecular formula is C25H35N3O7. The van der Waals surface area contributed by atoms with Crippen LogP contribution in [0.5, 0.6) is 5.75 Å². The predicted octanol–water partition coefficient (Wildman–Crippen LogP) is 0.960. The first kappa shape index (κ1) is 26.5. The molecule has 2 amide bonds. The first-order chi connectivity index (χ1) is 16.7. The van der Waals surface area contributed by atoms with E-state index >= 15 is 0 Å². The highest BCUT2D eigenvalue weighted by Crippen LogP contribution is 2.35. The third-order valence-electron chi connectivity index (χ3n) is 6.75. The van der Waals surface area contributed by atoms with Crippen molar-refractivity contribution in [3.63, 3.8) is 0 Å². The van der Waals surface area contributed by atoms with E-state index in [1.807, 2.05) is 12.1 Å². The van der Waals surface area contributed by atoms with Crippen molar-refractivity contribution in [2.75, 3.05) is 27.3 Å². The van der Waals surface area contributed by atoms with Gasteiger partial charge in [-0.05, 0) is 56.8 Å². The van der Waals surface area contributed by atoms with Crippen molar-refractivity contribution < 1.29 is 33.4 Å². The third kappa shape index (κ3) is 5.93. The molecule has 10 heteroatoms. The average Bonchev–Trinajstić information content (AvgIpc) is 3.52. The number of nitrogens with zero attached hydrogens (tertiary/aromatic N) is 1. The quantitative estimate of drug-likeness (QED) is 0.492. The number of amides is 2. The highest BCUT2D eigenvalue weighted by molar-refractivity contribution is 5.96. The third-order valence-corrected chi connectivity index (χ3v) is 6.75. The van der Waals surface area contributed by atoms with Gasteiger partial charge in [-0.1, -0.05) is 12.1 Å². The average molecular weight is 490 g/mol. The van der Waals surface area contributed by atoms with Crippen molar-refractivity contribution in [1.82, 2.24) is 15.5 Å². The van der Waals surface area contributed by atoms with Gasteiger partial charge in [0.1, 0.15) is 17.4 Å².